The molecule has 2 heterocycles. The Balaban J connectivity index is 2.08. The molecule has 0 saturated heterocycles. The number of aliphatic carboxylic acids is 1. The number of carboxylic acids is 1. The molecule has 2 aromatic heterocycles. The van der Waals surface area contributed by atoms with Crippen molar-refractivity contribution in [2.75, 3.05) is 13.1 Å². The molecule has 0 bridgehead atoms. The van der Waals surface area contributed by atoms with Gasteiger partial charge in [0.15, 0.2) is 0 Å². The highest BCUT2D eigenvalue weighted by molar-refractivity contribution is 5.79. The second kappa shape index (κ2) is 7.06. The number of hydrogen-bond donors (Lipinski definition) is 1. The normalized spacial score (nSPS) is 10.8. The summed E-state index contributed by atoms with van der Waals surface area (Å²) >= 11 is 0. The van der Waals surface area contributed by atoms with Gasteiger partial charge in [0.2, 0.25) is 5.91 Å². The second-order valence-electron chi connectivity index (χ2n) is 5.40. The van der Waals surface area contributed by atoms with Crippen LogP contribution in [0.15, 0.2) is 24.5 Å². The minimum atomic E-state index is -0.892. The van der Waals surface area contributed by atoms with Crippen LogP contribution in [0.4, 0.5) is 0 Å². The van der Waals surface area contributed by atoms with Crippen molar-refractivity contribution in [2.45, 2.75) is 33.1 Å². The molecule has 0 radical (unpaired) electrons. The fourth-order valence-electron chi connectivity index (χ4n) is 2.35. The number of pyridine rings is 1. The predicted octanol–water partition coefficient (Wildman–Crippen LogP) is 1.90. The fraction of sp³-hybridized carbons (Fsp3) is 0.438. The van der Waals surface area contributed by atoms with E-state index in [1.54, 1.807) is 4.90 Å². The second-order valence-corrected chi connectivity index (χ2v) is 5.40. The topological polar surface area (TPSA) is 74.9 Å². The molecule has 6 nitrogen and oxygen atoms in total. The van der Waals surface area contributed by atoms with Gasteiger partial charge in [-0.3, -0.25) is 9.59 Å². The minimum absolute atomic E-state index is 0.0316. The summed E-state index contributed by atoms with van der Waals surface area (Å²) in [5.41, 5.74) is 2.63. The van der Waals surface area contributed by atoms with Crippen LogP contribution in [0.3, 0.4) is 0 Å². The smallest absolute Gasteiger partial charge is 0.305 e. The van der Waals surface area contributed by atoms with E-state index >= 15 is 0 Å². The van der Waals surface area contributed by atoms with Gasteiger partial charge >= 0.3 is 5.97 Å². The molecule has 0 aliphatic carbocycles. The number of carbonyl (C=O) groups is 2. The van der Waals surface area contributed by atoms with E-state index in [9.17, 15) is 9.59 Å². The van der Waals surface area contributed by atoms with Crippen LogP contribution in [0.2, 0.25) is 0 Å². The number of carbonyl (C=O) groups excluding carboxylic acids is 1. The zero-order valence-corrected chi connectivity index (χ0v) is 13.0. The van der Waals surface area contributed by atoms with E-state index in [0.717, 1.165) is 17.6 Å². The molecule has 1 N–H and O–H groups in total. The Hall–Kier alpha value is -2.37. The van der Waals surface area contributed by atoms with Gasteiger partial charge in [0.1, 0.15) is 5.65 Å². The van der Waals surface area contributed by atoms with Gasteiger partial charge in [-0.15, -0.1) is 0 Å². The zero-order chi connectivity index (χ0) is 16.1. The largest absolute Gasteiger partial charge is 0.481 e. The highest BCUT2D eigenvalue weighted by Crippen LogP contribution is 2.09. The lowest BCUT2D eigenvalue weighted by atomic mass is 10.2. The zero-order valence-electron chi connectivity index (χ0n) is 13.0. The van der Waals surface area contributed by atoms with Gasteiger partial charge in [0.25, 0.3) is 0 Å². The quantitative estimate of drug-likeness (QED) is 0.847. The summed E-state index contributed by atoms with van der Waals surface area (Å²) in [6.45, 7) is 4.77. The maximum absolute atomic E-state index is 12.3. The van der Waals surface area contributed by atoms with Crippen LogP contribution in [0.5, 0.6) is 0 Å². The molecular weight excluding hydrogens is 282 g/mol. The molecule has 2 aromatic rings. The van der Waals surface area contributed by atoms with Crippen LogP contribution in [0.25, 0.3) is 5.65 Å². The van der Waals surface area contributed by atoms with Crippen molar-refractivity contribution in [3.8, 4) is 0 Å². The number of carboxylic acid groups (broad SMARTS) is 1. The number of rotatable bonds is 7. The van der Waals surface area contributed by atoms with E-state index in [2.05, 4.69) is 4.98 Å². The first kappa shape index (κ1) is 16.0. The maximum Gasteiger partial charge on any atom is 0.305 e. The van der Waals surface area contributed by atoms with Crippen molar-refractivity contribution in [2.24, 2.45) is 0 Å². The number of fused-ring (bicyclic) bond motifs is 1. The van der Waals surface area contributed by atoms with Gasteiger partial charge in [0, 0.05) is 25.5 Å². The average Bonchev–Trinajstić information content (AvgIpc) is 2.84. The first-order valence-electron chi connectivity index (χ1n) is 7.43. The van der Waals surface area contributed by atoms with Crippen molar-refractivity contribution in [3.05, 3.63) is 35.8 Å². The number of nitrogens with zero attached hydrogens (tertiary/aromatic N) is 3. The van der Waals surface area contributed by atoms with E-state index < -0.39 is 5.97 Å². The number of imidazole rings is 1. The molecule has 0 atom stereocenters. The molecule has 0 unspecified atom stereocenters. The Morgan fingerprint density at radius 2 is 2.14 bits per heavy atom. The summed E-state index contributed by atoms with van der Waals surface area (Å²) in [6, 6.07) is 3.94. The van der Waals surface area contributed by atoms with Crippen molar-refractivity contribution in [3.63, 3.8) is 0 Å². The first-order chi connectivity index (χ1) is 10.5. The van der Waals surface area contributed by atoms with Gasteiger partial charge in [-0.2, -0.15) is 0 Å². The average molecular weight is 303 g/mol. The summed E-state index contributed by atoms with van der Waals surface area (Å²) in [4.78, 5) is 29.1. The molecule has 0 fully saturated rings. The minimum Gasteiger partial charge on any atom is -0.481 e. The third-order valence-corrected chi connectivity index (χ3v) is 3.44. The Morgan fingerprint density at radius 3 is 2.82 bits per heavy atom. The molecule has 1 amide bonds. The number of hydrogen-bond acceptors (Lipinski definition) is 3. The van der Waals surface area contributed by atoms with Crippen LogP contribution in [0.1, 0.15) is 31.0 Å². The molecular formula is C16H21N3O3. The first-order valence-corrected chi connectivity index (χ1v) is 7.43. The summed E-state index contributed by atoms with van der Waals surface area (Å²) < 4.78 is 1.89. The lowest BCUT2D eigenvalue weighted by Crippen LogP contribution is -2.34. The number of amides is 1. The third kappa shape index (κ3) is 4.07. The Morgan fingerprint density at radius 1 is 1.36 bits per heavy atom. The van der Waals surface area contributed by atoms with Crippen LogP contribution in [0, 0.1) is 6.92 Å². The van der Waals surface area contributed by atoms with Gasteiger partial charge in [0.05, 0.1) is 18.5 Å². The van der Waals surface area contributed by atoms with Crippen molar-refractivity contribution in [1.29, 1.82) is 0 Å². The predicted molar refractivity (Wildman–Crippen MR) is 82.8 cm³/mol. The van der Waals surface area contributed by atoms with E-state index in [1.165, 1.54) is 0 Å². The standard InChI is InChI=1S/C16H21N3O3/c1-3-6-18(8-5-16(21)22)15(20)10-13-11-19-7-4-12(2)9-14(19)17-13/h4,7,9,11H,3,5-6,8,10H2,1-2H3,(H,21,22). The highest BCUT2D eigenvalue weighted by atomic mass is 16.4. The summed E-state index contributed by atoms with van der Waals surface area (Å²) in [7, 11) is 0. The van der Waals surface area contributed by atoms with Crippen molar-refractivity contribution in [1.82, 2.24) is 14.3 Å². The SMILES string of the molecule is CCCN(CCC(=O)O)C(=O)Cc1cn2ccc(C)cc2n1. The molecule has 6 heteroatoms. The van der Waals surface area contributed by atoms with Gasteiger partial charge in [-0.05, 0) is 31.0 Å². The van der Waals surface area contributed by atoms with E-state index in [4.69, 9.17) is 5.11 Å². The van der Waals surface area contributed by atoms with Crippen LogP contribution in [-0.4, -0.2) is 44.4 Å². The van der Waals surface area contributed by atoms with Crippen LogP contribution in [-0.2, 0) is 16.0 Å². The van der Waals surface area contributed by atoms with E-state index in [0.29, 0.717) is 12.2 Å². The van der Waals surface area contributed by atoms with Crippen molar-refractivity contribution >= 4 is 17.5 Å². The summed E-state index contributed by atoms with van der Waals surface area (Å²) in [6.07, 6.45) is 4.72. The number of aromatic nitrogens is 2. The Bertz CT molecular complexity index is 678. The molecule has 22 heavy (non-hydrogen) atoms. The van der Waals surface area contributed by atoms with Gasteiger partial charge in [-0.25, -0.2) is 4.98 Å². The molecule has 0 aliphatic heterocycles. The maximum atomic E-state index is 12.3. The molecule has 2 rings (SSSR count). The Labute approximate surface area is 129 Å². The lowest BCUT2D eigenvalue weighted by Gasteiger charge is -2.20. The molecule has 0 aliphatic rings. The van der Waals surface area contributed by atoms with Gasteiger partial charge < -0.3 is 14.4 Å². The molecule has 0 spiro atoms. The lowest BCUT2D eigenvalue weighted by molar-refractivity contribution is -0.138. The third-order valence-electron chi connectivity index (χ3n) is 3.44. The molecule has 118 valence electrons. The van der Waals surface area contributed by atoms with Crippen LogP contribution >= 0.6 is 0 Å². The molecule has 0 aromatic carbocycles. The Kier molecular flexibility index (Phi) is 5.14. The molecule has 0 saturated carbocycles. The summed E-state index contributed by atoms with van der Waals surface area (Å²) in [5.74, 6) is -0.972. The van der Waals surface area contributed by atoms with Crippen LogP contribution < -0.4 is 0 Å². The number of aryl methyl sites for hydroxylation is 1. The van der Waals surface area contributed by atoms with E-state index in [1.807, 2.05) is 42.8 Å². The fourth-order valence-corrected chi connectivity index (χ4v) is 2.35. The van der Waals surface area contributed by atoms with E-state index in [-0.39, 0.29) is 25.3 Å². The van der Waals surface area contributed by atoms with Crippen molar-refractivity contribution < 1.29 is 14.7 Å². The van der Waals surface area contributed by atoms with Gasteiger partial charge in [-0.1, -0.05) is 6.92 Å². The summed E-state index contributed by atoms with van der Waals surface area (Å²) in [5, 5.41) is 8.77. The highest BCUT2D eigenvalue weighted by Gasteiger charge is 2.16. The monoisotopic (exact) mass is 303 g/mol.